The zero-order chi connectivity index (χ0) is 21.7. The largest absolute Gasteiger partial charge is 0.385 e. The highest BCUT2D eigenvalue weighted by Gasteiger charge is 2.19. The Morgan fingerprint density at radius 2 is 2.00 bits per heavy atom. The van der Waals surface area contributed by atoms with Gasteiger partial charge in [-0.25, -0.2) is 0 Å². The predicted octanol–water partition coefficient (Wildman–Crippen LogP) is 5.05. The number of Topliss-reactive ketones (excluding diaryl/α,β-unsaturated/α-hetero) is 1. The van der Waals surface area contributed by atoms with Gasteiger partial charge in [-0.3, -0.25) is 4.79 Å². The van der Waals surface area contributed by atoms with Gasteiger partial charge in [-0.05, 0) is 45.4 Å². The van der Waals surface area contributed by atoms with Gasteiger partial charge in [0, 0.05) is 54.3 Å². The number of hydrogen-bond donors (Lipinski definition) is 0. The molecule has 0 N–H and O–H groups in total. The Labute approximate surface area is 186 Å². The Kier molecular flexibility index (Phi) is 7.75. The molecule has 0 saturated heterocycles. The van der Waals surface area contributed by atoms with E-state index < -0.39 is 0 Å². The highest BCUT2D eigenvalue weighted by molar-refractivity contribution is 7.99. The first-order valence-corrected chi connectivity index (χ1v) is 11.3. The number of nitrogens with zero attached hydrogens (tertiary/aromatic N) is 4. The predicted molar refractivity (Wildman–Crippen MR) is 122 cm³/mol. The zero-order valence-electron chi connectivity index (χ0n) is 17.8. The molecule has 0 aliphatic carbocycles. The summed E-state index contributed by atoms with van der Waals surface area (Å²) in [5, 5.41) is 10.0. The smallest absolute Gasteiger partial charge is 0.191 e. The maximum absolute atomic E-state index is 12.9. The summed E-state index contributed by atoms with van der Waals surface area (Å²) < 4.78 is 9.34. The standard InChI is InChI=1S/C22H27ClN4O2S/c1-5-26-21(17-8-6-9-18(23)13-17)24-25-22(26)30-14-20(28)19-12-15(2)27(16(19)3)10-7-11-29-4/h6,8-9,12-13H,5,7,10-11,14H2,1-4H3. The molecule has 0 atom stereocenters. The van der Waals surface area contributed by atoms with Crippen LogP contribution in [0.1, 0.15) is 35.1 Å². The zero-order valence-corrected chi connectivity index (χ0v) is 19.4. The minimum absolute atomic E-state index is 0.0982. The fraction of sp³-hybridized carbons (Fsp3) is 0.409. The summed E-state index contributed by atoms with van der Waals surface area (Å²) in [6.07, 6.45) is 0.918. The summed E-state index contributed by atoms with van der Waals surface area (Å²) in [5.41, 5.74) is 3.78. The molecule has 0 aliphatic heterocycles. The van der Waals surface area contributed by atoms with Crippen molar-refractivity contribution in [2.45, 2.75) is 45.4 Å². The van der Waals surface area contributed by atoms with Gasteiger partial charge < -0.3 is 13.9 Å². The van der Waals surface area contributed by atoms with Crippen LogP contribution in [0.5, 0.6) is 0 Å². The molecule has 6 nitrogen and oxygen atoms in total. The van der Waals surface area contributed by atoms with Crippen molar-refractivity contribution < 1.29 is 9.53 Å². The fourth-order valence-corrected chi connectivity index (χ4v) is 4.60. The van der Waals surface area contributed by atoms with E-state index in [0.717, 1.165) is 46.5 Å². The van der Waals surface area contributed by atoms with Crippen LogP contribution in [0, 0.1) is 13.8 Å². The third kappa shape index (κ3) is 4.96. The van der Waals surface area contributed by atoms with E-state index in [1.54, 1.807) is 7.11 Å². The number of thioether (sulfide) groups is 1. The number of benzene rings is 1. The number of halogens is 1. The molecule has 0 radical (unpaired) electrons. The lowest BCUT2D eigenvalue weighted by Crippen LogP contribution is -2.09. The molecular weight excluding hydrogens is 420 g/mol. The lowest BCUT2D eigenvalue weighted by molar-refractivity contribution is 0.102. The Morgan fingerprint density at radius 3 is 2.70 bits per heavy atom. The number of carbonyl (C=O) groups excluding carboxylic acids is 1. The van der Waals surface area contributed by atoms with Crippen molar-refractivity contribution in [1.29, 1.82) is 0 Å². The van der Waals surface area contributed by atoms with Gasteiger partial charge in [0.15, 0.2) is 16.8 Å². The second kappa shape index (κ2) is 10.3. The first-order valence-electron chi connectivity index (χ1n) is 9.97. The molecule has 1 aromatic carbocycles. The molecule has 2 aromatic heterocycles. The van der Waals surface area contributed by atoms with Gasteiger partial charge in [0.25, 0.3) is 0 Å². The second-order valence-corrected chi connectivity index (χ2v) is 8.43. The minimum Gasteiger partial charge on any atom is -0.385 e. The Hall–Kier alpha value is -2.09. The molecule has 0 amide bonds. The topological polar surface area (TPSA) is 61.9 Å². The van der Waals surface area contributed by atoms with Crippen LogP contribution in [0.2, 0.25) is 5.02 Å². The van der Waals surface area contributed by atoms with E-state index in [0.29, 0.717) is 23.9 Å². The molecule has 0 fully saturated rings. The number of ketones is 1. The Bertz CT molecular complexity index is 1030. The molecule has 3 rings (SSSR count). The van der Waals surface area contributed by atoms with Gasteiger partial charge >= 0.3 is 0 Å². The second-order valence-electron chi connectivity index (χ2n) is 7.06. The third-order valence-electron chi connectivity index (χ3n) is 5.05. The summed E-state index contributed by atoms with van der Waals surface area (Å²) in [6.45, 7) is 8.34. The van der Waals surface area contributed by atoms with Gasteiger partial charge in [-0.1, -0.05) is 35.5 Å². The van der Waals surface area contributed by atoms with Crippen LogP contribution in [0.4, 0.5) is 0 Å². The maximum Gasteiger partial charge on any atom is 0.191 e. The van der Waals surface area contributed by atoms with Crippen molar-refractivity contribution in [3.63, 3.8) is 0 Å². The average Bonchev–Trinajstić information content (AvgIpc) is 3.27. The molecule has 8 heteroatoms. The van der Waals surface area contributed by atoms with Crippen LogP contribution in [-0.2, 0) is 17.8 Å². The first kappa shape index (κ1) is 22.6. The SMILES string of the molecule is CCn1c(SCC(=O)c2cc(C)n(CCCOC)c2C)nnc1-c1cccc(Cl)c1. The van der Waals surface area contributed by atoms with Crippen LogP contribution in [-0.4, -0.2) is 44.6 Å². The first-order chi connectivity index (χ1) is 14.5. The lowest BCUT2D eigenvalue weighted by atomic mass is 10.2. The van der Waals surface area contributed by atoms with Gasteiger partial charge in [0.2, 0.25) is 0 Å². The third-order valence-corrected chi connectivity index (χ3v) is 6.25. The highest BCUT2D eigenvalue weighted by Crippen LogP contribution is 2.27. The van der Waals surface area contributed by atoms with E-state index in [1.807, 2.05) is 55.7 Å². The molecule has 0 spiro atoms. The Balaban J connectivity index is 1.73. The fourth-order valence-electron chi connectivity index (χ4n) is 3.52. The summed E-state index contributed by atoms with van der Waals surface area (Å²) in [5.74, 6) is 1.17. The molecule has 2 heterocycles. The van der Waals surface area contributed by atoms with Gasteiger partial charge in [-0.2, -0.15) is 0 Å². The van der Waals surface area contributed by atoms with Crippen molar-refractivity contribution in [2.24, 2.45) is 0 Å². The average molecular weight is 447 g/mol. The quantitative estimate of drug-likeness (QED) is 0.248. The summed E-state index contributed by atoms with van der Waals surface area (Å²) in [4.78, 5) is 12.9. The molecule has 0 saturated carbocycles. The van der Waals surface area contributed by atoms with E-state index in [4.69, 9.17) is 16.3 Å². The minimum atomic E-state index is 0.0982. The monoisotopic (exact) mass is 446 g/mol. The summed E-state index contributed by atoms with van der Waals surface area (Å²) in [7, 11) is 1.70. The van der Waals surface area contributed by atoms with Crippen LogP contribution in [0.25, 0.3) is 11.4 Å². The van der Waals surface area contributed by atoms with Crippen LogP contribution in [0.15, 0.2) is 35.5 Å². The molecular formula is C22H27ClN4O2S. The van der Waals surface area contributed by atoms with Crippen LogP contribution >= 0.6 is 23.4 Å². The number of hydrogen-bond acceptors (Lipinski definition) is 5. The van der Waals surface area contributed by atoms with E-state index in [2.05, 4.69) is 14.8 Å². The number of rotatable bonds is 10. The number of aryl methyl sites for hydroxylation is 1. The van der Waals surface area contributed by atoms with Crippen molar-refractivity contribution >= 4 is 29.1 Å². The van der Waals surface area contributed by atoms with Crippen molar-refractivity contribution in [3.8, 4) is 11.4 Å². The number of methoxy groups -OCH3 is 1. The normalized spacial score (nSPS) is 11.2. The van der Waals surface area contributed by atoms with Crippen LogP contribution < -0.4 is 0 Å². The van der Waals surface area contributed by atoms with E-state index >= 15 is 0 Å². The molecule has 0 unspecified atom stereocenters. The Morgan fingerprint density at radius 1 is 1.20 bits per heavy atom. The molecule has 0 aliphatic rings. The molecule has 30 heavy (non-hydrogen) atoms. The maximum atomic E-state index is 12.9. The molecule has 160 valence electrons. The van der Waals surface area contributed by atoms with Crippen molar-refractivity contribution in [3.05, 3.63) is 52.3 Å². The van der Waals surface area contributed by atoms with Gasteiger partial charge in [-0.15, -0.1) is 10.2 Å². The van der Waals surface area contributed by atoms with E-state index in [1.165, 1.54) is 11.8 Å². The lowest BCUT2D eigenvalue weighted by Gasteiger charge is -2.09. The number of ether oxygens (including phenoxy) is 1. The van der Waals surface area contributed by atoms with Gasteiger partial charge in [0.1, 0.15) is 0 Å². The van der Waals surface area contributed by atoms with Crippen LogP contribution in [0.3, 0.4) is 0 Å². The highest BCUT2D eigenvalue weighted by atomic mass is 35.5. The summed E-state index contributed by atoms with van der Waals surface area (Å²) >= 11 is 7.54. The number of carbonyl (C=O) groups is 1. The molecule has 0 bridgehead atoms. The summed E-state index contributed by atoms with van der Waals surface area (Å²) in [6, 6.07) is 9.53. The van der Waals surface area contributed by atoms with Crippen molar-refractivity contribution in [2.75, 3.05) is 19.5 Å². The van der Waals surface area contributed by atoms with E-state index in [-0.39, 0.29) is 5.78 Å². The number of aromatic nitrogens is 4. The molecule has 3 aromatic rings. The van der Waals surface area contributed by atoms with E-state index in [9.17, 15) is 4.79 Å². The van der Waals surface area contributed by atoms with Crippen molar-refractivity contribution in [1.82, 2.24) is 19.3 Å². The van der Waals surface area contributed by atoms with Gasteiger partial charge in [0.05, 0.1) is 5.75 Å².